The molecule has 0 radical (unpaired) electrons. The molecular weight excluding hydrogens is 180 g/mol. The highest BCUT2D eigenvalue weighted by Gasteiger charge is 2.27. The number of nitrogens with zero attached hydrogens (tertiary/aromatic N) is 1. The third-order valence-electron chi connectivity index (χ3n) is 2.93. The number of rotatable bonds is 2. The van der Waals surface area contributed by atoms with Crippen LogP contribution in [0.15, 0.2) is 6.20 Å². The molecule has 1 saturated heterocycles. The molecule has 1 aliphatic heterocycles. The van der Waals surface area contributed by atoms with Crippen molar-refractivity contribution in [2.45, 2.75) is 31.1 Å². The van der Waals surface area contributed by atoms with Gasteiger partial charge in [-0.25, -0.2) is 4.98 Å². The van der Waals surface area contributed by atoms with Crippen LogP contribution < -0.4 is 5.32 Å². The summed E-state index contributed by atoms with van der Waals surface area (Å²) >= 11 is 1.95. The number of nitrogens with one attached hydrogen (secondary N) is 1. The summed E-state index contributed by atoms with van der Waals surface area (Å²) in [5.74, 6) is 1.58. The quantitative estimate of drug-likeness (QED) is 0.780. The molecule has 1 aromatic heterocycles. The molecule has 13 heavy (non-hydrogen) atoms. The van der Waals surface area contributed by atoms with Gasteiger partial charge in [-0.1, -0.05) is 0 Å². The smallest absolute Gasteiger partial charge is 0.0971 e. The minimum absolute atomic E-state index is 0.706. The van der Waals surface area contributed by atoms with Crippen molar-refractivity contribution in [2.75, 3.05) is 13.1 Å². The van der Waals surface area contributed by atoms with Gasteiger partial charge in [-0.2, -0.15) is 0 Å². The molecule has 2 aliphatic rings. The Balaban J connectivity index is 1.79. The second kappa shape index (κ2) is 3.07. The van der Waals surface area contributed by atoms with Crippen molar-refractivity contribution in [3.8, 4) is 0 Å². The average molecular weight is 194 g/mol. The van der Waals surface area contributed by atoms with E-state index < -0.39 is 0 Å². The van der Waals surface area contributed by atoms with Crippen molar-refractivity contribution < 1.29 is 0 Å². The predicted octanol–water partition coefficient (Wildman–Crippen LogP) is 2.10. The standard InChI is InChI=1S/C10H14N2S/c1-2-7(1)9-6-12-10(13-9)8-3-4-11-5-8/h6-8,11H,1-5H2. The Morgan fingerprint density at radius 3 is 2.92 bits per heavy atom. The lowest BCUT2D eigenvalue weighted by Gasteiger charge is -2.01. The zero-order valence-corrected chi connectivity index (χ0v) is 8.44. The molecule has 2 heterocycles. The lowest BCUT2D eigenvalue weighted by Crippen LogP contribution is -2.07. The molecule has 2 nitrogen and oxygen atoms in total. The molecule has 0 aromatic carbocycles. The lowest BCUT2D eigenvalue weighted by molar-refractivity contribution is 0.755. The second-order valence-corrected chi connectivity index (χ2v) is 5.16. The van der Waals surface area contributed by atoms with Crippen LogP contribution in [0.2, 0.25) is 0 Å². The summed E-state index contributed by atoms with van der Waals surface area (Å²) in [6.07, 6.45) is 6.17. The predicted molar refractivity (Wildman–Crippen MR) is 54.3 cm³/mol. The summed E-state index contributed by atoms with van der Waals surface area (Å²) in [6, 6.07) is 0. The Hall–Kier alpha value is -0.410. The van der Waals surface area contributed by atoms with E-state index in [9.17, 15) is 0 Å². The van der Waals surface area contributed by atoms with E-state index >= 15 is 0 Å². The molecule has 3 rings (SSSR count). The Morgan fingerprint density at radius 1 is 1.31 bits per heavy atom. The molecule has 3 heteroatoms. The molecular formula is C10H14N2S. The number of hydrogen-bond donors (Lipinski definition) is 1. The SMILES string of the molecule is c1nc(C2CCNC2)sc1C1CC1. The van der Waals surface area contributed by atoms with Gasteiger partial charge in [-0.05, 0) is 31.7 Å². The van der Waals surface area contributed by atoms with E-state index in [1.165, 1.54) is 35.7 Å². The van der Waals surface area contributed by atoms with Gasteiger partial charge in [-0.15, -0.1) is 11.3 Å². The Kier molecular flexibility index (Phi) is 1.87. The highest BCUT2D eigenvalue weighted by molar-refractivity contribution is 7.11. The summed E-state index contributed by atoms with van der Waals surface area (Å²) in [5, 5.41) is 4.76. The van der Waals surface area contributed by atoms with Crippen molar-refractivity contribution in [1.82, 2.24) is 10.3 Å². The fourth-order valence-electron chi connectivity index (χ4n) is 1.91. The largest absolute Gasteiger partial charge is 0.316 e. The van der Waals surface area contributed by atoms with Crippen LogP contribution in [-0.2, 0) is 0 Å². The van der Waals surface area contributed by atoms with E-state index in [4.69, 9.17) is 0 Å². The highest BCUT2D eigenvalue weighted by atomic mass is 32.1. The van der Waals surface area contributed by atoms with E-state index in [0.29, 0.717) is 5.92 Å². The first kappa shape index (κ1) is 7.94. The van der Waals surface area contributed by atoms with Crippen LogP contribution in [0.5, 0.6) is 0 Å². The number of thiazole rings is 1. The van der Waals surface area contributed by atoms with Gasteiger partial charge in [0.25, 0.3) is 0 Å². The van der Waals surface area contributed by atoms with Crippen molar-refractivity contribution in [1.29, 1.82) is 0 Å². The summed E-state index contributed by atoms with van der Waals surface area (Å²) in [7, 11) is 0. The monoisotopic (exact) mass is 194 g/mol. The Bertz CT molecular complexity index is 298. The maximum Gasteiger partial charge on any atom is 0.0971 e. The minimum Gasteiger partial charge on any atom is -0.316 e. The molecule has 0 amide bonds. The average Bonchev–Trinajstić information content (AvgIpc) is 2.72. The molecule has 0 spiro atoms. The third-order valence-corrected chi connectivity index (χ3v) is 4.25. The van der Waals surface area contributed by atoms with Crippen LogP contribution in [-0.4, -0.2) is 18.1 Å². The van der Waals surface area contributed by atoms with E-state index in [-0.39, 0.29) is 0 Å². The second-order valence-electron chi connectivity index (χ2n) is 4.06. The fourth-order valence-corrected chi connectivity index (χ4v) is 3.13. The normalized spacial score (nSPS) is 28.2. The van der Waals surface area contributed by atoms with Crippen LogP contribution in [0.4, 0.5) is 0 Å². The summed E-state index contributed by atoms with van der Waals surface area (Å²) in [4.78, 5) is 6.07. The zero-order valence-electron chi connectivity index (χ0n) is 7.62. The molecule has 70 valence electrons. The van der Waals surface area contributed by atoms with Gasteiger partial charge < -0.3 is 5.32 Å². The molecule has 1 aromatic rings. The number of hydrogen-bond acceptors (Lipinski definition) is 3. The van der Waals surface area contributed by atoms with Crippen molar-refractivity contribution in [3.63, 3.8) is 0 Å². The van der Waals surface area contributed by atoms with Crippen LogP contribution in [0, 0.1) is 0 Å². The molecule has 1 atom stereocenters. The molecule has 0 bridgehead atoms. The molecule has 1 aliphatic carbocycles. The van der Waals surface area contributed by atoms with E-state index in [1.807, 2.05) is 11.3 Å². The topological polar surface area (TPSA) is 24.9 Å². The first-order valence-corrected chi connectivity index (χ1v) is 5.91. The zero-order chi connectivity index (χ0) is 8.67. The van der Waals surface area contributed by atoms with Gasteiger partial charge >= 0.3 is 0 Å². The minimum atomic E-state index is 0.706. The van der Waals surface area contributed by atoms with Gasteiger partial charge in [0.2, 0.25) is 0 Å². The van der Waals surface area contributed by atoms with Gasteiger partial charge in [0.05, 0.1) is 5.01 Å². The third kappa shape index (κ3) is 1.51. The van der Waals surface area contributed by atoms with Crippen molar-refractivity contribution in [3.05, 3.63) is 16.1 Å². The highest BCUT2D eigenvalue weighted by Crippen LogP contribution is 2.43. The summed E-state index contributed by atoms with van der Waals surface area (Å²) < 4.78 is 0. The maximum atomic E-state index is 4.54. The van der Waals surface area contributed by atoms with Gasteiger partial charge in [0.1, 0.15) is 0 Å². The maximum absolute atomic E-state index is 4.54. The summed E-state index contributed by atoms with van der Waals surface area (Å²) in [5.41, 5.74) is 0. The fraction of sp³-hybridized carbons (Fsp3) is 0.700. The number of aromatic nitrogens is 1. The van der Waals surface area contributed by atoms with Gasteiger partial charge in [0.15, 0.2) is 0 Å². The molecule has 1 unspecified atom stereocenters. The van der Waals surface area contributed by atoms with Gasteiger partial charge in [0, 0.05) is 23.5 Å². The first-order chi connectivity index (χ1) is 6.43. The molecule has 1 saturated carbocycles. The van der Waals surface area contributed by atoms with Crippen LogP contribution in [0.1, 0.15) is 41.0 Å². The van der Waals surface area contributed by atoms with Gasteiger partial charge in [-0.3, -0.25) is 0 Å². The Labute approximate surface area is 82.4 Å². The molecule has 1 N–H and O–H groups in total. The lowest BCUT2D eigenvalue weighted by atomic mass is 10.1. The van der Waals surface area contributed by atoms with E-state index in [0.717, 1.165) is 12.5 Å². The van der Waals surface area contributed by atoms with Crippen molar-refractivity contribution >= 4 is 11.3 Å². The Morgan fingerprint density at radius 2 is 2.23 bits per heavy atom. The van der Waals surface area contributed by atoms with Crippen LogP contribution in [0.3, 0.4) is 0 Å². The van der Waals surface area contributed by atoms with Crippen LogP contribution >= 0.6 is 11.3 Å². The summed E-state index contributed by atoms with van der Waals surface area (Å²) in [6.45, 7) is 2.31. The first-order valence-electron chi connectivity index (χ1n) is 5.10. The van der Waals surface area contributed by atoms with E-state index in [1.54, 1.807) is 0 Å². The molecule has 2 fully saturated rings. The van der Waals surface area contributed by atoms with E-state index in [2.05, 4.69) is 16.5 Å². The van der Waals surface area contributed by atoms with Crippen molar-refractivity contribution in [2.24, 2.45) is 0 Å². The van der Waals surface area contributed by atoms with Crippen LogP contribution in [0.25, 0.3) is 0 Å².